The second kappa shape index (κ2) is 8.99. The van der Waals surface area contributed by atoms with Crippen LogP contribution in [0.4, 0.5) is 5.95 Å². The lowest BCUT2D eigenvalue weighted by molar-refractivity contribution is 0.122. The highest BCUT2D eigenvalue weighted by Gasteiger charge is 2.21. The number of anilines is 1. The summed E-state index contributed by atoms with van der Waals surface area (Å²) in [6.07, 6.45) is 5.33. The largest absolute Gasteiger partial charge is 0.469 e. The average Bonchev–Trinajstić information content (AvgIpc) is 3.59. The Morgan fingerprint density at radius 2 is 1.94 bits per heavy atom. The first kappa shape index (κ1) is 20.4. The van der Waals surface area contributed by atoms with Crippen molar-refractivity contribution in [1.29, 1.82) is 0 Å². The SMILES string of the molecule is c1cc(C2=c3nc(N4CCOCC4)nc(OCc4cccnn4)c3=NC2)cc(-n2cccn2)c1. The molecule has 0 amide bonds. The van der Waals surface area contributed by atoms with Crippen LogP contribution in [-0.4, -0.2) is 62.8 Å². The van der Waals surface area contributed by atoms with Crippen molar-refractivity contribution in [3.05, 3.63) is 83.0 Å². The molecule has 34 heavy (non-hydrogen) atoms. The molecule has 0 N–H and O–H groups in total. The second-order valence-corrected chi connectivity index (χ2v) is 7.92. The van der Waals surface area contributed by atoms with Crippen LogP contribution in [0.5, 0.6) is 5.88 Å². The molecular weight excluding hydrogens is 432 g/mol. The lowest BCUT2D eigenvalue weighted by Gasteiger charge is -2.26. The lowest BCUT2D eigenvalue weighted by Crippen LogP contribution is -2.40. The number of morpholine rings is 1. The Bertz CT molecular complexity index is 1420. The summed E-state index contributed by atoms with van der Waals surface area (Å²) >= 11 is 0. The third-order valence-electron chi connectivity index (χ3n) is 5.76. The number of benzene rings is 1. The number of fused-ring (bicyclic) bond motifs is 1. The number of aromatic nitrogens is 6. The van der Waals surface area contributed by atoms with E-state index in [1.165, 1.54) is 0 Å². The summed E-state index contributed by atoms with van der Waals surface area (Å²) in [6.45, 7) is 3.49. The van der Waals surface area contributed by atoms with Crippen molar-refractivity contribution in [2.24, 2.45) is 4.99 Å². The first-order valence-electron chi connectivity index (χ1n) is 11.1. The van der Waals surface area contributed by atoms with Crippen LogP contribution in [0.1, 0.15) is 11.3 Å². The zero-order chi connectivity index (χ0) is 22.7. The average molecular weight is 454 g/mol. The predicted octanol–water partition coefficient (Wildman–Crippen LogP) is 0.700. The molecule has 2 aliphatic heterocycles. The van der Waals surface area contributed by atoms with E-state index in [4.69, 9.17) is 24.4 Å². The summed E-state index contributed by atoms with van der Waals surface area (Å²) < 4.78 is 13.5. The van der Waals surface area contributed by atoms with Gasteiger partial charge in [-0.3, -0.25) is 4.99 Å². The molecule has 0 saturated carbocycles. The van der Waals surface area contributed by atoms with Gasteiger partial charge in [0.1, 0.15) is 23.0 Å². The van der Waals surface area contributed by atoms with Crippen LogP contribution in [0.2, 0.25) is 0 Å². The Balaban J connectivity index is 1.44. The van der Waals surface area contributed by atoms with Gasteiger partial charge in [0.2, 0.25) is 11.8 Å². The van der Waals surface area contributed by atoms with E-state index in [9.17, 15) is 0 Å². The number of hydrogen-bond acceptors (Lipinski definition) is 9. The predicted molar refractivity (Wildman–Crippen MR) is 123 cm³/mol. The monoisotopic (exact) mass is 454 g/mol. The molecule has 1 fully saturated rings. The van der Waals surface area contributed by atoms with Gasteiger partial charge in [0.15, 0.2) is 0 Å². The van der Waals surface area contributed by atoms with Crippen LogP contribution in [0.15, 0.2) is 66.0 Å². The molecule has 0 aliphatic carbocycles. The van der Waals surface area contributed by atoms with E-state index in [0.29, 0.717) is 36.9 Å². The molecule has 2 aliphatic rings. The molecule has 0 unspecified atom stereocenters. The maximum Gasteiger partial charge on any atom is 0.245 e. The van der Waals surface area contributed by atoms with Gasteiger partial charge in [-0.1, -0.05) is 12.1 Å². The van der Waals surface area contributed by atoms with Gasteiger partial charge in [-0.15, -0.1) is 0 Å². The number of nitrogens with zero attached hydrogens (tertiary/aromatic N) is 8. The van der Waals surface area contributed by atoms with E-state index in [0.717, 1.165) is 41.0 Å². The molecule has 1 saturated heterocycles. The fourth-order valence-corrected chi connectivity index (χ4v) is 4.05. The van der Waals surface area contributed by atoms with Crippen LogP contribution in [-0.2, 0) is 11.3 Å². The maximum absolute atomic E-state index is 6.10. The quantitative estimate of drug-likeness (QED) is 0.420. The van der Waals surface area contributed by atoms with Gasteiger partial charge in [-0.2, -0.15) is 20.3 Å². The first-order valence-corrected chi connectivity index (χ1v) is 11.1. The highest BCUT2D eigenvalue weighted by atomic mass is 16.5. The summed E-state index contributed by atoms with van der Waals surface area (Å²) in [4.78, 5) is 16.6. The van der Waals surface area contributed by atoms with Gasteiger partial charge in [0.25, 0.3) is 0 Å². The zero-order valence-electron chi connectivity index (χ0n) is 18.4. The molecule has 10 nitrogen and oxygen atoms in total. The molecule has 10 heteroatoms. The summed E-state index contributed by atoms with van der Waals surface area (Å²) in [5.74, 6) is 1.07. The van der Waals surface area contributed by atoms with Crippen molar-refractivity contribution in [3.63, 3.8) is 0 Å². The van der Waals surface area contributed by atoms with Gasteiger partial charge in [0.05, 0.1) is 25.4 Å². The number of ether oxygens (including phenoxy) is 2. The van der Waals surface area contributed by atoms with Crippen molar-refractivity contribution in [2.45, 2.75) is 6.61 Å². The number of rotatable bonds is 6. The minimum Gasteiger partial charge on any atom is -0.469 e. The van der Waals surface area contributed by atoms with Crippen LogP contribution >= 0.6 is 0 Å². The van der Waals surface area contributed by atoms with Crippen molar-refractivity contribution in [3.8, 4) is 11.6 Å². The Hall–Kier alpha value is -4.18. The van der Waals surface area contributed by atoms with Crippen molar-refractivity contribution in [1.82, 2.24) is 29.9 Å². The van der Waals surface area contributed by atoms with Crippen molar-refractivity contribution < 1.29 is 9.47 Å². The fourth-order valence-electron chi connectivity index (χ4n) is 4.05. The molecular formula is C24H22N8O2. The summed E-state index contributed by atoms with van der Waals surface area (Å²) in [6, 6.07) is 13.8. The molecule has 5 heterocycles. The van der Waals surface area contributed by atoms with E-state index in [1.807, 2.05) is 41.2 Å². The molecule has 0 atom stereocenters. The summed E-state index contributed by atoms with van der Waals surface area (Å²) in [5.41, 5.74) is 3.77. The molecule has 4 aromatic rings. The Morgan fingerprint density at radius 3 is 2.76 bits per heavy atom. The minimum atomic E-state index is 0.249. The maximum atomic E-state index is 6.10. The van der Waals surface area contributed by atoms with Gasteiger partial charge >= 0.3 is 0 Å². The summed E-state index contributed by atoms with van der Waals surface area (Å²) in [7, 11) is 0. The van der Waals surface area contributed by atoms with Crippen LogP contribution in [0.3, 0.4) is 0 Å². The highest BCUT2D eigenvalue weighted by molar-refractivity contribution is 5.69. The normalized spacial score (nSPS) is 15.2. The molecule has 3 aromatic heterocycles. The molecule has 0 radical (unpaired) electrons. The molecule has 0 spiro atoms. The van der Waals surface area contributed by atoms with Gasteiger partial charge < -0.3 is 14.4 Å². The minimum absolute atomic E-state index is 0.249. The molecule has 6 rings (SSSR count). The molecule has 1 aromatic carbocycles. The second-order valence-electron chi connectivity index (χ2n) is 7.92. The van der Waals surface area contributed by atoms with Gasteiger partial charge in [-0.25, -0.2) is 9.67 Å². The summed E-state index contributed by atoms with van der Waals surface area (Å²) in [5, 5.41) is 13.8. The van der Waals surface area contributed by atoms with E-state index in [-0.39, 0.29) is 6.61 Å². The smallest absolute Gasteiger partial charge is 0.245 e. The van der Waals surface area contributed by atoms with Crippen LogP contribution in [0.25, 0.3) is 11.3 Å². The van der Waals surface area contributed by atoms with Crippen LogP contribution in [0, 0.1) is 0 Å². The van der Waals surface area contributed by atoms with E-state index >= 15 is 0 Å². The first-order chi connectivity index (χ1) is 16.8. The van der Waals surface area contributed by atoms with Crippen molar-refractivity contribution >= 4 is 11.5 Å². The zero-order valence-corrected chi connectivity index (χ0v) is 18.4. The molecule has 0 bridgehead atoms. The standard InChI is InChI=1S/C24H22N8O2/c1-4-17(14-19(6-1)32-9-3-8-27-32)20-15-25-22-21(20)28-24(31-10-12-33-13-11-31)29-23(22)34-16-18-5-2-7-26-30-18/h1-9,14H,10-13,15-16H2. The van der Waals surface area contributed by atoms with E-state index < -0.39 is 0 Å². The lowest BCUT2D eigenvalue weighted by atomic mass is 10.1. The van der Waals surface area contributed by atoms with Gasteiger partial charge in [0, 0.05) is 37.3 Å². The Morgan fingerprint density at radius 1 is 1.00 bits per heavy atom. The molecule has 170 valence electrons. The Labute approximate surface area is 195 Å². The fraction of sp³-hybridized carbons (Fsp3) is 0.250. The van der Waals surface area contributed by atoms with Crippen LogP contribution < -0.4 is 20.3 Å². The number of hydrogen-bond donors (Lipinski definition) is 0. The van der Waals surface area contributed by atoms with E-state index in [1.54, 1.807) is 12.4 Å². The third-order valence-corrected chi connectivity index (χ3v) is 5.76. The highest BCUT2D eigenvalue weighted by Crippen LogP contribution is 2.19. The van der Waals surface area contributed by atoms with E-state index in [2.05, 4.69) is 32.3 Å². The third kappa shape index (κ3) is 3.99. The topological polar surface area (TPSA) is 103 Å². The Kier molecular flexibility index (Phi) is 5.40. The van der Waals surface area contributed by atoms with Gasteiger partial charge in [-0.05, 0) is 35.9 Å². The van der Waals surface area contributed by atoms with Crippen molar-refractivity contribution in [2.75, 3.05) is 37.7 Å².